The van der Waals surface area contributed by atoms with Crippen LogP contribution in [0.1, 0.15) is 11.1 Å². The fraction of sp³-hybridized carbons (Fsp3) is 0.111. The van der Waals surface area contributed by atoms with Gasteiger partial charge < -0.3 is 4.57 Å². The Morgan fingerprint density at radius 3 is 2.57 bits per heavy atom. The second-order valence-electron chi connectivity index (χ2n) is 5.49. The van der Waals surface area contributed by atoms with E-state index in [-0.39, 0.29) is 0 Å². The first-order valence-corrected chi connectivity index (χ1v) is 7.83. The molecule has 2 aromatic carbocycles. The lowest BCUT2D eigenvalue weighted by Gasteiger charge is -2.07. The van der Waals surface area contributed by atoms with Crippen molar-refractivity contribution in [2.24, 2.45) is 0 Å². The van der Waals surface area contributed by atoms with Gasteiger partial charge >= 0.3 is 0 Å². The maximum absolute atomic E-state index is 6.31. The molecule has 0 aliphatic heterocycles. The molecular formula is C18H15ClN4. The van der Waals surface area contributed by atoms with E-state index in [1.807, 2.05) is 29.1 Å². The van der Waals surface area contributed by atoms with Crippen molar-refractivity contribution in [1.82, 2.24) is 19.6 Å². The molecule has 4 nitrogen and oxygen atoms in total. The molecule has 0 atom stereocenters. The largest absolute Gasteiger partial charge is 0.343 e. The molecule has 0 spiro atoms. The summed E-state index contributed by atoms with van der Waals surface area (Å²) < 4.78 is 4.07. The summed E-state index contributed by atoms with van der Waals surface area (Å²) in [4.78, 5) is 0. The highest BCUT2D eigenvalue weighted by Crippen LogP contribution is 2.24. The number of nitrogens with zero attached hydrogens (tertiary/aromatic N) is 4. The predicted molar refractivity (Wildman–Crippen MR) is 91.6 cm³/mol. The van der Waals surface area contributed by atoms with Gasteiger partial charge in [0, 0.05) is 34.9 Å². The van der Waals surface area contributed by atoms with Gasteiger partial charge in [-0.05, 0) is 23.3 Å². The van der Waals surface area contributed by atoms with E-state index in [0.717, 1.165) is 17.1 Å². The van der Waals surface area contributed by atoms with Crippen LogP contribution in [0.4, 0.5) is 0 Å². The molecule has 0 saturated heterocycles. The highest BCUT2D eigenvalue weighted by atomic mass is 35.5. The van der Waals surface area contributed by atoms with Crippen LogP contribution in [0, 0.1) is 0 Å². The minimum atomic E-state index is 0.704. The zero-order valence-electron chi connectivity index (χ0n) is 12.4. The average molecular weight is 323 g/mol. The van der Waals surface area contributed by atoms with Crippen LogP contribution in [0.15, 0.2) is 67.1 Å². The summed E-state index contributed by atoms with van der Waals surface area (Å²) in [5, 5.41) is 9.96. The number of rotatable bonds is 4. The van der Waals surface area contributed by atoms with E-state index in [2.05, 4.69) is 51.4 Å². The zero-order chi connectivity index (χ0) is 15.6. The zero-order valence-corrected chi connectivity index (χ0v) is 13.2. The summed E-state index contributed by atoms with van der Waals surface area (Å²) in [6.45, 7) is 1.45. The third-order valence-corrected chi connectivity index (χ3v) is 4.34. The first kappa shape index (κ1) is 14.0. The van der Waals surface area contributed by atoms with E-state index >= 15 is 0 Å². The van der Waals surface area contributed by atoms with E-state index in [4.69, 9.17) is 11.6 Å². The van der Waals surface area contributed by atoms with Gasteiger partial charge in [0.1, 0.15) is 0 Å². The summed E-state index contributed by atoms with van der Waals surface area (Å²) >= 11 is 6.31. The fourth-order valence-corrected chi connectivity index (χ4v) is 3.08. The number of halogens is 1. The van der Waals surface area contributed by atoms with Crippen molar-refractivity contribution >= 4 is 22.5 Å². The molecule has 0 aliphatic carbocycles. The van der Waals surface area contributed by atoms with Crippen LogP contribution < -0.4 is 0 Å². The molecule has 0 fully saturated rings. The molecule has 114 valence electrons. The molecular weight excluding hydrogens is 308 g/mol. The van der Waals surface area contributed by atoms with Crippen LogP contribution >= 0.6 is 11.6 Å². The van der Waals surface area contributed by atoms with E-state index in [9.17, 15) is 0 Å². The van der Waals surface area contributed by atoms with Gasteiger partial charge in [-0.1, -0.05) is 53.2 Å². The summed E-state index contributed by atoms with van der Waals surface area (Å²) in [5.41, 5.74) is 3.53. The molecule has 23 heavy (non-hydrogen) atoms. The second kappa shape index (κ2) is 5.89. The van der Waals surface area contributed by atoms with Crippen molar-refractivity contribution in [3.05, 3.63) is 83.3 Å². The Labute approximate surface area is 138 Å². The third-order valence-electron chi connectivity index (χ3n) is 3.97. The predicted octanol–water partition coefficient (Wildman–Crippen LogP) is 3.98. The van der Waals surface area contributed by atoms with Crippen molar-refractivity contribution in [2.75, 3.05) is 0 Å². The number of benzene rings is 2. The molecule has 0 aliphatic rings. The summed E-state index contributed by atoms with van der Waals surface area (Å²) in [7, 11) is 0. The van der Waals surface area contributed by atoms with Gasteiger partial charge in [-0.3, -0.25) is 0 Å². The van der Waals surface area contributed by atoms with Crippen LogP contribution in [0.5, 0.6) is 0 Å². The Balaban J connectivity index is 1.76. The molecule has 0 saturated carbocycles. The van der Waals surface area contributed by atoms with Gasteiger partial charge in [0.2, 0.25) is 0 Å². The van der Waals surface area contributed by atoms with Gasteiger partial charge in [-0.15, -0.1) is 5.10 Å². The molecule has 4 rings (SSSR count). The Morgan fingerprint density at radius 2 is 1.74 bits per heavy atom. The average Bonchev–Trinajstić information content (AvgIpc) is 3.19. The molecule has 0 bridgehead atoms. The SMILES string of the molecule is Clc1ccccc1Cn1cc(Cn2ccnn2)c2ccccc21. The monoisotopic (exact) mass is 322 g/mol. The maximum Gasteiger partial charge on any atom is 0.0698 e. The van der Waals surface area contributed by atoms with Crippen LogP contribution in [-0.4, -0.2) is 19.6 Å². The van der Waals surface area contributed by atoms with Crippen molar-refractivity contribution in [3.63, 3.8) is 0 Å². The van der Waals surface area contributed by atoms with Crippen molar-refractivity contribution in [3.8, 4) is 0 Å². The van der Waals surface area contributed by atoms with Gasteiger partial charge in [0.05, 0.1) is 12.7 Å². The van der Waals surface area contributed by atoms with E-state index in [1.54, 1.807) is 6.20 Å². The number of aromatic nitrogens is 4. The first-order chi connectivity index (χ1) is 11.3. The van der Waals surface area contributed by atoms with Gasteiger partial charge in [-0.25, -0.2) is 4.68 Å². The molecule has 4 aromatic rings. The van der Waals surface area contributed by atoms with E-state index in [0.29, 0.717) is 6.54 Å². The molecule has 5 heteroatoms. The van der Waals surface area contributed by atoms with Crippen LogP contribution in [0.3, 0.4) is 0 Å². The molecule has 0 unspecified atom stereocenters. The van der Waals surface area contributed by atoms with Crippen molar-refractivity contribution in [1.29, 1.82) is 0 Å². The number of fused-ring (bicyclic) bond motifs is 1. The molecule has 0 radical (unpaired) electrons. The third kappa shape index (κ3) is 2.73. The summed E-state index contributed by atoms with van der Waals surface area (Å²) in [5.74, 6) is 0. The standard InChI is InChI=1S/C18H15ClN4/c19-17-7-3-1-5-14(17)11-22-12-15(13-23-10-9-20-21-23)16-6-2-4-8-18(16)22/h1-10,12H,11,13H2. The highest BCUT2D eigenvalue weighted by Gasteiger charge is 2.10. The minimum absolute atomic E-state index is 0.704. The lowest BCUT2D eigenvalue weighted by Crippen LogP contribution is -2.01. The quantitative estimate of drug-likeness (QED) is 0.569. The number of hydrogen-bond acceptors (Lipinski definition) is 2. The minimum Gasteiger partial charge on any atom is -0.343 e. The van der Waals surface area contributed by atoms with E-state index < -0.39 is 0 Å². The molecule has 2 heterocycles. The van der Waals surface area contributed by atoms with Crippen LogP contribution in [-0.2, 0) is 13.1 Å². The number of hydrogen-bond donors (Lipinski definition) is 0. The maximum atomic E-state index is 6.31. The van der Waals surface area contributed by atoms with Crippen molar-refractivity contribution < 1.29 is 0 Å². The second-order valence-corrected chi connectivity index (χ2v) is 5.90. The highest BCUT2D eigenvalue weighted by molar-refractivity contribution is 6.31. The van der Waals surface area contributed by atoms with Gasteiger partial charge in [-0.2, -0.15) is 0 Å². The Morgan fingerprint density at radius 1 is 0.913 bits per heavy atom. The van der Waals surface area contributed by atoms with Crippen molar-refractivity contribution in [2.45, 2.75) is 13.1 Å². The van der Waals surface area contributed by atoms with Gasteiger partial charge in [0.15, 0.2) is 0 Å². The van der Waals surface area contributed by atoms with E-state index in [1.165, 1.54) is 16.5 Å². The summed E-state index contributed by atoms with van der Waals surface area (Å²) in [6, 6.07) is 16.4. The summed E-state index contributed by atoms with van der Waals surface area (Å²) in [6.07, 6.45) is 5.75. The fourth-order valence-electron chi connectivity index (χ4n) is 2.88. The Kier molecular flexibility index (Phi) is 3.60. The van der Waals surface area contributed by atoms with Crippen LogP contribution in [0.2, 0.25) is 5.02 Å². The smallest absolute Gasteiger partial charge is 0.0698 e. The first-order valence-electron chi connectivity index (χ1n) is 7.45. The Bertz CT molecular complexity index is 941. The van der Waals surface area contributed by atoms with Gasteiger partial charge in [0.25, 0.3) is 0 Å². The molecule has 0 N–H and O–H groups in total. The molecule has 0 amide bonds. The molecule has 2 aromatic heterocycles. The lowest BCUT2D eigenvalue weighted by atomic mass is 10.2. The van der Waals surface area contributed by atoms with Crippen LogP contribution in [0.25, 0.3) is 10.9 Å². The normalized spacial score (nSPS) is 11.2. The topological polar surface area (TPSA) is 35.6 Å². The Hall–Kier alpha value is -2.59. The lowest BCUT2D eigenvalue weighted by molar-refractivity contribution is 0.650. The number of para-hydroxylation sites is 1.